The van der Waals surface area contributed by atoms with Crippen molar-refractivity contribution >= 4 is 34.9 Å². The topological polar surface area (TPSA) is 84.9 Å². The van der Waals surface area contributed by atoms with Gasteiger partial charge in [-0.25, -0.2) is 9.18 Å². The number of hydrogen-bond donors (Lipinski definition) is 3. The largest absolute Gasteiger partial charge is 0.391 e. The van der Waals surface area contributed by atoms with Crippen molar-refractivity contribution in [2.45, 2.75) is 25.1 Å². The van der Waals surface area contributed by atoms with E-state index in [-0.39, 0.29) is 18.7 Å². The molecule has 3 aromatic carbocycles. The SMILES string of the molecule is CN(C)Cc1ccccc1-c1ccc(NC(=O)[C@@H]2C[C@@H](O)CN2C(=O)Nc2ccc(Cl)cc2)c(F)c1. The normalized spacial score (nSPS) is 17.3. The van der Waals surface area contributed by atoms with Gasteiger partial charge in [0, 0.05) is 30.2 Å². The summed E-state index contributed by atoms with van der Waals surface area (Å²) in [5.74, 6) is -1.16. The van der Waals surface area contributed by atoms with Crippen molar-refractivity contribution in [3.8, 4) is 11.1 Å². The Hall–Kier alpha value is -3.46. The molecule has 3 aromatic rings. The fourth-order valence-electron chi connectivity index (χ4n) is 4.30. The van der Waals surface area contributed by atoms with E-state index in [9.17, 15) is 14.7 Å². The second-order valence-electron chi connectivity index (χ2n) is 9.07. The molecule has 4 rings (SSSR count). The molecule has 2 atom stereocenters. The average Bonchev–Trinajstić information content (AvgIpc) is 3.24. The maximum atomic E-state index is 15.1. The molecule has 3 amide bonds. The number of nitrogens with one attached hydrogen (secondary N) is 2. The average molecular weight is 511 g/mol. The van der Waals surface area contributed by atoms with E-state index in [0.717, 1.165) is 11.1 Å². The number of urea groups is 1. The Morgan fingerprint density at radius 3 is 2.50 bits per heavy atom. The molecule has 0 unspecified atom stereocenters. The number of carbonyl (C=O) groups excluding carboxylic acids is 2. The maximum Gasteiger partial charge on any atom is 0.322 e. The number of benzene rings is 3. The fourth-order valence-corrected chi connectivity index (χ4v) is 4.42. The van der Waals surface area contributed by atoms with Crippen molar-refractivity contribution in [3.05, 3.63) is 83.1 Å². The van der Waals surface area contributed by atoms with Gasteiger partial charge in [-0.1, -0.05) is 41.9 Å². The lowest BCUT2D eigenvalue weighted by Crippen LogP contribution is -2.45. The molecule has 0 spiro atoms. The number of β-amino-alcohol motifs (C(OH)–C–C–N with tert-alkyl or cyclic N) is 1. The summed E-state index contributed by atoms with van der Waals surface area (Å²) < 4.78 is 15.1. The molecule has 1 aliphatic rings. The standard InChI is InChI=1S/C27H28ClFN4O3/c1-32(2)15-18-5-3-4-6-22(18)17-7-12-24(23(29)13-17)31-26(35)25-14-21(34)16-33(25)27(36)30-20-10-8-19(28)9-11-20/h3-13,21,25,34H,14-16H2,1-2H3,(H,30,36)(H,31,35)/t21-,25+/m1/s1. The zero-order valence-electron chi connectivity index (χ0n) is 20.0. The summed E-state index contributed by atoms with van der Waals surface area (Å²) in [4.78, 5) is 29.1. The van der Waals surface area contributed by atoms with Crippen LogP contribution in [0.4, 0.5) is 20.6 Å². The minimum absolute atomic E-state index is 0.00768. The van der Waals surface area contributed by atoms with Crippen LogP contribution in [-0.4, -0.2) is 59.6 Å². The number of aliphatic hydroxyl groups excluding tert-OH is 1. The number of nitrogens with zero attached hydrogens (tertiary/aromatic N) is 2. The number of carbonyl (C=O) groups is 2. The molecule has 1 heterocycles. The molecule has 0 bridgehead atoms. The minimum atomic E-state index is -0.952. The van der Waals surface area contributed by atoms with Crippen LogP contribution < -0.4 is 10.6 Å². The van der Waals surface area contributed by atoms with Crippen molar-refractivity contribution < 1.29 is 19.1 Å². The summed E-state index contributed by atoms with van der Waals surface area (Å²) in [6, 6.07) is 17.5. The van der Waals surface area contributed by atoms with Gasteiger partial charge in [-0.15, -0.1) is 0 Å². The smallest absolute Gasteiger partial charge is 0.322 e. The number of amides is 3. The van der Waals surface area contributed by atoms with Crippen LogP contribution in [0.5, 0.6) is 0 Å². The highest BCUT2D eigenvalue weighted by Gasteiger charge is 2.39. The van der Waals surface area contributed by atoms with Gasteiger partial charge in [-0.2, -0.15) is 0 Å². The molecule has 1 saturated heterocycles. The van der Waals surface area contributed by atoms with Crippen molar-refractivity contribution in [1.29, 1.82) is 0 Å². The third kappa shape index (κ3) is 6.02. The lowest BCUT2D eigenvalue weighted by Gasteiger charge is -2.24. The number of rotatable bonds is 6. The quantitative estimate of drug-likeness (QED) is 0.444. The van der Waals surface area contributed by atoms with E-state index in [0.29, 0.717) is 22.8 Å². The van der Waals surface area contributed by atoms with Crippen LogP contribution in [0.1, 0.15) is 12.0 Å². The third-order valence-electron chi connectivity index (χ3n) is 5.98. The highest BCUT2D eigenvalue weighted by Crippen LogP contribution is 2.29. The summed E-state index contributed by atoms with van der Waals surface area (Å²) in [6.45, 7) is 0.690. The fraction of sp³-hybridized carbons (Fsp3) is 0.259. The second-order valence-corrected chi connectivity index (χ2v) is 9.51. The Balaban J connectivity index is 1.48. The van der Waals surface area contributed by atoms with Crippen LogP contribution in [0, 0.1) is 5.82 Å². The Bertz CT molecular complexity index is 1250. The first kappa shape index (κ1) is 25.6. The highest BCUT2D eigenvalue weighted by molar-refractivity contribution is 6.30. The van der Waals surface area contributed by atoms with E-state index < -0.39 is 29.9 Å². The van der Waals surface area contributed by atoms with E-state index >= 15 is 4.39 Å². The lowest BCUT2D eigenvalue weighted by molar-refractivity contribution is -0.119. The number of aliphatic hydroxyl groups is 1. The monoisotopic (exact) mass is 510 g/mol. The Kier molecular flexibility index (Phi) is 7.88. The van der Waals surface area contributed by atoms with Gasteiger partial charge in [0.05, 0.1) is 11.8 Å². The van der Waals surface area contributed by atoms with E-state index in [1.54, 1.807) is 30.3 Å². The van der Waals surface area contributed by atoms with Gasteiger partial charge in [0.25, 0.3) is 0 Å². The molecule has 188 valence electrons. The van der Waals surface area contributed by atoms with E-state index in [2.05, 4.69) is 10.6 Å². The first-order valence-electron chi connectivity index (χ1n) is 11.6. The molecular formula is C27H28ClFN4O3. The molecule has 1 aliphatic heterocycles. The summed E-state index contributed by atoms with van der Waals surface area (Å²) in [5.41, 5.74) is 3.17. The van der Waals surface area contributed by atoms with E-state index in [1.165, 1.54) is 17.0 Å². The Morgan fingerprint density at radius 1 is 1.08 bits per heavy atom. The third-order valence-corrected chi connectivity index (χ3v) is 6.23. The molecule has 0 aliphatic carbocycles. The molecule has 0 radical (unpaired) electrons. The molecule has 0 aromatic heterocycles. The molecule has 36 heavy (non-hydrogen) atoms. The first-order valence-corrected chi connectivity index (χ1v) is 11.9. The van der Waals surface area contributed by atoms with Crippen LogP contribution in [0.2, 0.25) is 5.02 Å². The first-order chi connectivity index (χ1) is 17.2. The number of likely N-dealkylation sites (tertiary alicyclic amines) is 1. The summed E-state index contributed by atoms with van der Waals surface area (Å²) >= 11 is 5.88. The van der Waals surface area contributed by atoms with Crippen molar-refractivity contribution in [1.82, 2.24) is 9.80 Å². The zero-order valence-corrected chi connectivity index (χ0v) is 20.8. The maximum absolute atomic E-state index is 15.1. The van der Waals surface area contributed by atoms with Crippen LogP contribution in [0.25, 0.3) is 11.1 Å². The minimum Gasteiger partial charge on any atom is -0.391 e. The summed E-state index contributed by atoms with van der Waals surface area (Å²) in [7, 11) is 3.93. The van der Waals surface area contributed by atoms with E-state index in [1.807, 2.05) is 43.3 Å². The van der Waals surface area contributed by atoms with Crippen LogP contribution in [-0.2, 0) is 11.3 Å². The number of anilines is 2. The Labute approximate surface area is 214 Å². The highest BCUT2D eigenvalue weighted by atomic mass is 35.5. The van der Waals surface area contributed by atoms with Gasteiger partial charge in [0.1, 0.15) is 11.9 Å². The summed E-state index contributed by atoms with van der Waals surface area (Å²) in [5, 5.41) is 15.9. The number of halogens is 2. The number of hydrogen-bond acceptors (Lipinski definition) is 4. The predicted molar refractivity (Wildman–Crippen MR) is 139 cm³/mol. The van der Waals surface area contributed by atoms with Crippen LogP contribution in [0.15, 0.2) is 66.7 Å². The van der Waals surface area contributed by atoms with Gasteiger partial charge in [-0.05, 0) is 67.2 Å². The second kappa shape index (κ2) is 11.1. The molecule has 1 fully saturated rings. The molecule has 9 heteroatoms. The van der Waals surface area contributed by atoms with Crippen molar-refractivity contribution in [3.63, 3.8) is 0 Å². The Morgan fingerprint density at radius 2 is 1.81 bits per heavy atom. The zero-order chi connectivity index (χ0) is 25.8. The molecule has 3 N–H and O–H groups in total. The van der Waals surface area contributed by atoms with Crippen molar-refractivity contribution in [2.75, 3.05) is 31.3 Å². The van der Waals surface area contributed by atoms with Crippen LogP contribution >= 0.6 is 11.6 Å². The lowest BCUT2D eigenvalue weighted by atomic mass is 9.99. The van der Waals surface area contributed by atoms with Gasteiger partial charge in [0.2, 0.25) is 5.91 Å². The predicted octanol–water partition coefficient (Wildman–Crippen LogP) is 4.81. The van der Waals surface area contributed by atoms with E-state index in [4.69, 9.17) is 11.6 Å². The van der Waals surface area contributed by atoms with Crippen molar-refractivity contribution in [2.24, 2.45) is 0 Å². The molecule has 7 nitrogen and oxygen atoms in total. The molecular weight excluding hydrogens is 483 g/mol. The van der Waals surface area contributed by atoms with Gasteiger partial charge >= 0.3 is 6.03 Å². The molecule has 0 saturated carbocycles. The van der Waals surface area contributed by atoms with Gasteiger partial charge < -0.3 is 25.5 Å². The van der Waals surface area contributed by atoms with Gasteiger partial charge in [-0.3, -0.25) is 4.79 Å². The van der Waals surface area contributed by atoms with Gasteiger partial charge in [0.15, 0.2) is 0 Å². The summed E-state index contributed by atoms with van der Waals surface area (Å²) in [6.07, 6.45) is -0.811. The van der Waals surface area contributed by atoms with Crippen LogP contribution in [0.3, 0.4) is 0 Å².